The van der Waals surface area contributed by atoms with Gasteiger partial charge in [0.05, 0.1) is 11.6 Å². The minimum atomic E-state index is -3.60. The first-order chi connectivity index (χ1) is 9.77. The Kier molecular flexibility index (Phi) is 4.66. The first-order valence-electron chi connectivity index (χ1n) is 6.47. The van der Waals surface area contributed by atoms with E-state index in [1.165, 1.54) is 15.6 Å². The van der Waals surface area contributed by atoms with Crippen LogP contribution in [0.4, 0.5) is 5.69 Å². The summed E-state index contributed by atoms with van der Waals surface area (Å²) in [6.45, 7) is 5.71. The highest BCUT2D eigenvalue weighted by Crippen LogP contribution is 2.32. The van der Waals surface area contributed by atoms with E-state index in [1.54, 1.807) is 14.0 Å². The molecule has 0 amide bonds. The van der Waals surface area contributed by atoms with Crippen LogP contribution in [-0.2, 0) is 15.9 Å². The number of hydrogen-bond donors (Lipinski definition) is 0. The molecule has 1 aromatic heterocycles. The van der Waals surface area contributed by atoms with Gasteiger partial charge >= 0.3 is 0 Å². The molecule has 21 heavy (non-hydrogen) atoms. The average molecular weight is 344 g/mol. The van der Waals surface area contributed by atoms with Crippen LogP contribution in [0.1, 0.15) is 21.6 Å². The maximum absolute atomic E-state index is 12.9. The molecule has 2 rings (SSSR count). The summed E-state index contributed by atoms with van der Waals surface area (Å²) >= 11 is 7.26. The second-order valence-electron chi connectivity index (χ2n) is 5.12. The van der Waals surface area contributed by atoms with E-state index in [1.807, 2.05) is 37.4 Å². The van der Waals surface area contributed by atoms with Crippen molar-refractivity contribution in [3.63, 3.8) is 0 Å². The SMILES string of the molecule is Cc1cc(C)cc(N(C)S(=O)(=O)c2c(C)csc2CCl)c1. The third-order valence-corrected chi connectivity index (χ3v) is 6.97. The Morgan fingerprint density at radius 2 is 1.71 bits per heavy atom. The molecule has 0 fully saturated rings. The molecule has 0 spiro atoms. The van der Waals surface area contributed by atoms with Crippen LogP contribution < -0.4 is 4.31 Å². The summed E-state index contributed by atoms with van der Waals surface area (Å²) in [6, 6.07) is 5.75. The second kappa shape index (κ2) is 5.99. The molecule has 0 N–H and O–H groups in total. The topological polar surface area (TPSA) is 37.4 Å². The third kappa shape index (κ3) is 3.10. The van der Waals surface area contributed by atoms with Crippen LogP contribution in [-0.4, -0.2) is 15.5 Å². The van der Waals surface area contributed by atoms with Crippen molar-refractivity contribution in [1.82, 2.24) is 0 Å². The van der Waals surface area contributed by atoms with Crippen molar-refractivity contribution in [3.05, 3.63) is 45.1 Å². The van der Waals surface area contributed by atoms with Crippen LogP contribution in [0, 0.1) is 20.8 Å². The van der Waals surface area contributed by atoms with Gasteiger partial charge in [-0.1, -0.05) is 6.07 Å². The molecule has 0 bridgehead atoms. The van der Waals surface area contributed by atoms with Crippen molar-refractivity contribution in [2.75, 3.05) is 11.4 Å². The van der Waals surface area contributed by atoms with E-state index in [4.69, 9.17) is 11.6 Å². The van der Waals surface area contributed by atoms with Crippen LogP contribution in [0.5, 0.6) is 0 Å². The van der Waals surface area contributed by atoms with E-state index in [9.17, 15) is 8.42 Å². The predicted octanol–water partition coefficient (Wildman–Crippen LogP) is 4.24. The highest BCUT2D eigenvalue weighted by Gasteiger charge is 2.27. The van der Waals surface area contributed by atoms with Crippen molar-refractivity contribution >= 4 is 38.6 Å². The first-order valence-corrected chi connectivity index (χ1v) is 9.33. The molecule has 0 saturated carbocycles. The standard InChI is InChI=1S/C15H18ClNO2S2/c1-10-5-11(2)7-13(6-10)17(4)21(18,19)15-12(3)9-20-14(15)8-16/h5-7,9H,8H2,1-4H3. The Labute approximate surface area is 135 Å². The highest BCUT2D eigenvalue weighted by molar-refractivity contribution is 7.93. The minimum Gasteiger partial charge on any atom is -0.269 e. The fraction of sp³-hybridized carbons (Fsp3) is 0.333. The molecule has 0 aliphatic rings. The zero-order valence-electron chi connectivity index (χ0n) is 12.5. The predicted molar refractivity (Wildman–Crippen MR) is 90.1 cm³/mol. The van der Waals surface area contributed by atoms with Gasteiger partial charge in [-0.15, -0.1) is 22.9 Å². The summed E-state index contributed by atoms with van der Waals surface area (Å²) in [4.78, 5) is 1.02. The molecule has 114 valence electrons. The first kappa shape index (κ1) is 16.3. The Morgan fingerprint density at radius 1 is 1.14 bits per heavy atom. The fourth-order valence-corrected chi connectivity index (χ4v) is 5.52. The van der Waals surface area contributed by atoms with Crippen LogP contribution in [0.15, 0.2) is 28.5 Å². The van der Waals surface area contributed by atoms with Gasteiger partial charge < -0.3 is 0 Å². The number of sulfonamides is 1. The van der Waals surface area contributed by atoms with Gasteiger partial charge in [0.2, 0.25) is 0 Å². The highest BCUT2D eigenvalue weighted by atomic mass is 35.5. The molecule has 2 aromatic rings. The van der Waals surface area contributed by atoms with Gasteiger partial charge in [0.1, 0.15) is 4.90 Å². The number of rotatable bonds is 4. The maximum Gasteiger partial charge on any atom is 0.265 e. The second-order valence-corrected chi connectivity index (χ2v) is 8.26. The van der Waals surface area contributed by atoms with E-state index < -0.39 is 10.0 Å². The van der Waals surface area contributed by atoms with Crippen LogP contribution >= 0.6 is 22.9 Å². The quantitative estimate of drug-likeness (QED) is 0.779. The van der Waals surface area contributed by atoms with E-state index in [2.05, 4.69) is 0 Å². The number of benzene rings is 1. The minimum absolute atomic E-state index is 0.202. The number of anilines is 1. The van der Waals surface area contributed by atoms with Gasteiger partial charge in [-0.05, 0) is 55.0 Å². The molecule has 0 saturated heterocycles. The summed E-state index contributed by atoms with van der Waals surface area (Å²) in [7, 11) is -2.01. The van der Waals surface area contributed by atoms with Gasteiger partial charge in [0.15, 0.2) is 0 Å². The zero-order chi connectivity index (χ0) is 15.8. The Morgan fingerprint density at radius 3 is 2.24 bits per heavy atom. The Balaban J connectivity index is 2.55. The number of alkyl halides is 1. The lowest BCUT2D eigenvalue weighted by atomic mass is 10.1. The fourth-order valence-electron chi connectivity index (χ4n) is 2.33. The molecule has 0 aliphatic carbocycles. The molecule has 0 aliphatic heterocycles. The summed E-state index contributed by atoms with van der Waals surface area (Å²) in [6.07, 6.45) is 0. The van der Waals surface area contributed by atoms with Crippen LogP contribution in [0.2, 0.25) is 0 Å². The lowest BCUT2D eigenvalue weighted by Gasteiger charge is -2.21. The lowest BCUT2D eigenvalue weighted by Crippen LogP contribution is -2.27. The van der Waals surface area contributed by atoms with Crippen LogP contribution in [0.25, 0.3) is 0 Å². The summed E-state index contributed by atoms with van der Waals surface area (Å²) in [5.41, 5.74) is 3.48. The molecule has 1 aromatic carbocycles. The van der Waals surface area contributed by atoms with Crippen molar-refractivity contribution in [3.8, 4) is 0 Å². The molecule has 0 unspecified atom stereocenters. The van der Waals surface area contributed by atoms with Crippen molar-refractivity contribution in [2.24, 2.45) is 0 Å². The van der Waals surface area contributed by atoms with Crippen molar-refractivity contribution in [2.45, 2.75) is 31.5 Å². The molecule has 3 nitrogen and oxygen atoms in total. The van der Waals surface area contributed by atoms with E-state index in [-0.39, 0.29) is 5.88 Å². The molecular weight excluding hydrogens is 326 g/mol. The largest absolute Gasteiger partial charge is 0.269 e. The molecular formula is C15H18ClNO2S2. The molecule has 6 heteroatoms. The van der Waals surface area contributed by atoms with Gasteiger partial charge in [-0.3, -0.25) is 4.31 Å². The Bertz CT molecular complexity index is 746. The maximum atomic E-state index is 12.9. The third-order valence-electron chi connectivity index (χ3n) is 3.30. The molecule has 1 heterocycles. The van der Waals surface area contributed by atoms with E-state index >= 15 is 0 Å². The summed E-state index contributed by atoms with van der Waals surface area (Å²) in [5.74, 6) is 0.202. The monoisotopic (exact) mass is 343 g/mol. The van der Waals surface area contributed by atoms with Crippen LogP contribution in [0.3, 0.4) is 0 Å². The number of hydrogen-bond acceptors (Lipinski definition) is 3. The smallest absolute Gasteiger partial charge is 0.265 e. The van der Waals surface area contributed by atoms with Gasteiger partial charge in [0, 0.05) is 11.9 Å². The number of thiophene rings is 1. The average Bonchev–Trinajstić information content (AvgIpc) is 2.78. The zero-order valence-corrected chi connectivity index (χ0v) is 14.9. The van der Waals surface area contributed by atoms with Gasteiger partial charge in [-0.2, -0.15) is 0 Å². The summed E-state index contributed by atoms with van der Waals surface area (Å²) in [5, 5.41) is 1.83. The molecule has 0 radical (unpaired) electrons. The number of halogens is 1. The van der Waals surface area contributed by atoms with E-state index in [0.717, 1.165) is 16.7 Å². The Hall–Kier alpha value is -1.04. The summed E-state index contributed by atoms with van der Waals surface area (Å²) < 4.78 is 27.1. The lowest BCUT2D eigenvalue weighted by molar-refractivity contribution is 0.593. The number of aryl methyl sites for hydroxylation is 3. The number of nitrogens with zero attached hydrogens (tertiary/aromatic N) is 1. The normalized spacial score (nSPS) is 11.7. The molecule has 0 atom stereocenters. The van der Waals surface area contributed by atoms with Crippen molar-refractivity contribution in [1.29, 1.82) is 0 Å². The van der Waals surface area contributed by atoms with Gasteiger partial charge in [0.25, 0.3) is 10.0 Å². The van der Waals surface area contributed by atoms with E-state index in [0.29, 0.717) is 15.5 Å². The van der Waals surface area contributed by atoms with Gasteiger partial charge in [-0.25, -0.2) is 8.42 Å². The van der Waals surface area contributed by atoms with Crippen molar-refractivity contribution < 1.29 is 8.42 Å².